The molecule has 0 aromatic heterocycles. The zero-order valence-corrected chi connectivity index (χ0v) is 10.3. The standard InChI is InChI=1S/C14H17NO3/c16-14(17)13-3-1-10-9-11(2-4-12(10)13)15-5-7-18-8-6-15/h2,4,9,13H,1,3,5-8H2,(H,16,17). The molecule has 18 heavy (non-hydrogen) atoms. The number of ether oxygens (including phenoxy) is 1. The molecule has 1 atom stereocenters. The second-order valence-electron chi connectivity index (χ2n) is 4.91. The summed E-state index contributed by atoms with van der Waals surface area (Å²) < 4.78 is 5.34. The third kappa shape index (κ3) is 1.97. The van der Waals surface area contributed by atoms with Crippen LogP contribution in [0.25, 0.3) is 0 Å². The van der Waals surface area contributed by atoms with E-state index in [1.807, 2.05) is 12.1 Å². The first kappa shape index (κ1) is 11.5. The van der Waals surface area contributed by atoms with Crippen LogP contribution in [0.1, 0.15) is 23.5 Å². The number of anilines is 1. The van der Waals surface area contributed by atoms with Gasteiger partial charge in [0.25, 0.3) is 0 Å². The van der Waals surface area contributed by atoms with E-state index in [1.54, 1.807) is 0 Å². The first-order valence-corrected chi connectivity index (χ1v) is 6.44. The number of aryl methyl sites for hydroxylation is 1. The molecule has 0 amide bonds. The number of morpholine rings is 1. The van der Waals surface area contributed by atoms with Gasteiger partial charge in [0.15, 0.2) is 0 Å². The fraction of sp³-hybridized carbons (Fsp3) is 0.500. The first-order valence-electron chi connectivity index (χ1n) is 6.44. The second kappa shape index (κ2) is 4.61. The van der Waals surface area contributed by atoms with Crippen molar-refractivity contribution in [2.45, 2.75) is 18.8 Å². The molecule has 4 nitrogen and oxygen atoms in total. The van der Waals surface area contributed by atoms with Gasteiger partial charge in [-0.25, -0.2) is 0 Å². The molecule has 1 fully saturated rings. The van der Waals surface area contributed by atoms with Crippen molar-refractivity contribution in [1.29, 1.82) is 0 Å². The van der Waals surface area contributed by atoms with Gasteiger partial charge in [0, 0.05) is 18.8 Å². The molecule has 3 rings (SSSR count). The summed E-state index contributed by atoms with van der Waals surface area (Å²) in [5.41, 5.74) is 3.40. The number of hydrogen-bond acceptors (Lipinski definition) is 3. The van der Waals surface area contributed by atoms with Crippen molar-refractivity contribution in [2.24, 2.45) is 0 Å². The number of carboxylic acid groups (broad SMARTS) is 1. The molecule has 0 radical (unpaired) electrons. The number of hydrogen-bond donors (Lipinski definition) is 1. The highest BCUT2D eigenvalue weighted by Gasteiger charge is 2.28. The van der Waals surface area contributed by atoms with Crippen LogP contribution in [0.3, 0.4) is 0 Å². The maximum Gasteiger partial charge on any atom is 0.310 e. The van der Waals surface area contributed by atoms with Gasteiger partial charge in [-0.05, 0) is 36.1 Å². The SMILES string of the molecule is O=C(O)C1CCc2cc(N3CCOCC3)ccc21. The van der Waals surface area contributed by atoms with Crippen LogP contribution in [0.5, 0.6) is 0 Å². The Morgan fingerprint density at radius 3 is 2.83 bits per heavy atom. The Balaban J connectivity index is 1.86. The molecule has 1 aromatic carbocycles. The van der Waals surface area contributed by atoms with Gasteiger partial charge in [0.1, 0.15) is 0 Å². The summed E-state index contributed by atoms with van der Waals surface area (Å²) in [6.45, 7) is 3.38. The molecule has 1 heterocycles. The topological polar surface area (TPSA) is 49.8 Å². The Labute approximate surface area is 106 Å². The van der Waals surface area contributed by atoms with Crippen LogP contribution >= 0.6 is 0 Å². The molecule has 0 saturated carbocycles. The minimum Gasteiger partial charge on any atom is -0.481 e. The van der Waals surface area contributed by atoms with Gasteiger partial charge in [-0.2, -0.15) is 0 Å². The summed E-state index contributed by atoms with van der Waals surface area (Å²) in [5, 5.41) is 9.15. The van der Waals surface area contributed by atoms with Crippen LogP contribution in [0.4, 0.5) is 5.69 Å². The lowest BCUT2D eigenvalue weighted by molar-refractivity contribution is -0.138. The Kier molecular flexibility index (Phi) is 2.96. The molecule has 1 aromatic rings. The Bertz CT molecular complexity index is 466. The Morgan fingerprint density at radius 1 is 1.33 bits per heavy atom. The van der Waals surface area contributed by atoms with E-state index in [2.05, 4.69) is 11.0 Å². The van der Waals surface area contributed by atoms with Gasteiger partial charge in [-0.3, -0.25) is 4.79 Å². The van der Waals surface area contributed by atoms with Gasteiger partial charge in [0.2, 0.25) is 0 Å². The van der Waals surface area contributed by atoms with Crippen LogP contribution in [0, 0.1) is 0 Å². The summed E-state index contributed by atoms with van der Waals surface area (Å²) >= 11 is 0. The average molecular weight is 247 g/mol. The maximum absolute atomic E-state index is 11.1. The predicted molar refractivity (Wildman–Crippen MR) is 68.2 cm³/mol. The number of fused-ring (bicyclic) bond motifs is 1. The Hall–Kier alpha value is -1.55. The van der Waals surface area contributed by atoms with E-state index in [4.69, 9.17) is 9.84 Å². The third-order valence-corrected chi connectivity index (χ3v) is 3.88. The Morgan fingerprint density at radius 2 is 2.11 bits per heavy atom. The van der Waals surface area contributed by atoms with Crippen molar-refractivity contribution >= 4 is 11.7 Å². The molecule has 1 unspecified atom stereocenters. The summed E-state index contributed by atoms with van der Waals surface area (Å²) in [5.74, 6) is -1.01. The molecule has 0 bridgehead atoms. The van der Waals surface area contributed by atoms with Gasteiger partial charge in [-0.15, -0.1) is 0 Å². The number of benzene rings is 1. The molecule has 0 spiro atoms. The summed E-state index contributed by atoms with van der Waals surface area (Å²) in [6.07, 6.45) is 1.61. The van der Waals surface area contributed by atoms with Crippen LogP contribution in [-0.4, -0.2) is 37.4 Å². The highest BCUT2D eigenvalue weighted by atomic mass is 16.5. The van der Waals surface area contributed by atoms with Crippen LogP contribution in [-0.2, 0) is 16.0 Å². The summed E-state index contributed by atoms with van der Waals surface area (Å²) in [6, 6.07) is 6.20. The minimum atomic E-state index is -0.701. The van der Waals surface area contributed by atoms with Crippen molar-refractivity contribution in [1.82, 2.24) is 0 Å². The third-order valence-electron chi connectivity index (χ3n) is 3.88. The highest BCUT2D eigenvalue weighted by molar-refractivity contribution is 5.78. The van der Waals surface area contributed by atoms with E-state index < -0.39 is 5.97 Å². The van der Waals surface area contributed by atoms with Crippen molar-refractivity contribution in [2.75, 3.05) is 31.2 Å². The van der Waals surface area contributed by atoms with Crippen molar-refractivity contribution in [3.05, 3.63) is 29.3 Å². The molecule has 2 aliphatic rings. The van der Waals surface area contributed by atoms with E-state index in [9.17, 15) is 4.79 Å². The lowest BCUT2D eigenvalue weighted by atomic mass is 10.0. The lowest BCUT2D eigenvalue weighted by Crippen LogP contribution is -2.36. The number of aliphatic carboxylic acids is 1. The fourth-order valence-corrected chi connectivity index (χ4v) is 2.88. The average Bonchev–Trinajstić information content (AvgIpc) is 2.82. The first-order chi connectivity index (χ1) is 8.75. The molecular weight excluding hydrogens is 230 g/mol. The quantitative estimate of drug-likeness (QED) is 0.863. The molecule has 96 valence electrons. The smallest absolute Gasteiger partial charge is 0.310 e. The number of rotatable bonds is 2. The summed E-state index contributed by atoms with van der Waals surface area (Å²) in [7, 11) is 0. The monoisotopic (exact) mass is 247 g/mol. The van der Waals surface area contributed by atoms with Gasteiger partial charge >= 0.3 is 5.97 Å². The van der Waals surface area contributed by atoms with Crippen molar-refractivity contribution in [3.63, 3.8) is 0 Å². The van der Waals surface area contributed by atoms with E-state index in [1.165, 1.54) is 11.3 Å². The lowest BCUT2D eigenvalue weighted by Gasteiger charge is -2.29. The molecule has 1 N–H and O–H groups in total. The van der Waals surface area contributed by atoms with Crippen molar-refractivity contribution in [3.8, 4) is 0 Å². The number of nitrogens with zero attached hydrogens (tertiary/aromatic N) is 1. The highest BCUT2D eigenvalue weighted by Crippen LogP contribution is 2.35. The second-order valence-corrected chi connectivity index (χ2v) is 4.91. The predicted octanol–water partition coefficient (Wildman–Crippen LogP) is 1.64. The maximum atomic E-state index is 11.1. The summed E-state index contributed by atoms with van der Waals surface area (Å²) in [4.78, 5) is 13.4. The van der Waals surface area contributed by atoms with E-state index in [-0.39, 0.29) is 5.92 Å². The number of carbonyl (C=O) groups is 1. The zero-order chi connectivity index (χ0) is 12.5. The minimum absolute atomic E-state index is 0.307. The molecule has 1 aliphatic carbocycles. The largest absolute Gasteiger partial charge is 0.481 e. The van der Waals surface area contributed by atoms with Crippen LogP contribution in [0.2, 0.25) is 0 Å². The van der Waals surface area contributed by atoms with Crippen LogP contribution < -0.4 is 4.90 Å². The van der Waals surface area contributed by atoms with E-state index in [0.29, 0.717) is 0 Å². The molecular formula is C14H17NO3. The van der Waals surface area contributed by atoms with Crippen LogP contribution in [0.15, 0.2) is 18.2 Å². The molecule has 4 heteroatoms. The van der Waals surface area contributed by atoms with E-state index >= 15 is 0 Å². The van der Waals surface area contributed by atoms with Gasteiger partial charge < -0.3 is 14.7 Å². The zero-order valence-electron chi connectivity index (χ0n) is 10.3. The van der Waals surface area contributed by atoms with Gasteiger partial charge in [0.05, 0.1) is 19.1 Å². The van der Waals surface area contributed by atoms with Gasteiger partial charge in [-0.1, -0.05) is 6.07 Å². The number of carboxylic acids is 1. The molecule has 1 aliphatic heterocycles. The van der Waals surface area contributed by atoms with Crippen molar-refractivity contribution < 1.29 is 14.6 Å². The fourth-order valence-electron chi connectivity index (χ4n) is 2.88. The van der Waals surface area contributed by atoms with E-state index in [0.717, 1.165) is 44.7 Å². The molecule has 1 saturated heterocycles. The normalized spacial score (nSPS) is 22.9.